The minimum atomic E-state index is 0.0455. The zero-order valence-electron chi connectivity index (χ0n) is 16.4. The van der Waals surface area contributed by atoms with Gasteiger partial charge in [0.25, 0.3) is 5.91 Å². The fourth-order valence-electron chi connectivity index (χ4n) is 3.95. The highest BCUT2D eigenvalue weighted by Crippen LogP contribution is 2.31. The number of nitrogens with zero attached hydrogens (tertiary/aromatic N) is 3. The SMILES string of the molecule is COc1cccc(C(=O)N2CCN(c3ccc4c(c3)CCC(=O)N4C)CC2)c1. The van der Waals surface area contributed by atoms with Crippen molar-refractivity contribution in [2.45, 2.75) is 12.8 Å². The van der Waals surface area contributed by atoms with Gasteiger partial charge in [-0.2, -0.15) is 0 Å². The molecule has 1 fully saturated rings. The van der Waals surface area contributed by atoms with E-state index >= 15 is 0 Å². The van der Waals surface area contributed by atoms with Gasteiger partial charge in [0.15, 0.2) is 0 Å². The summed E-state index contributed by atoms with van der Waals surface area (Å²) in [6.07, 6.45) is 1.36. The molecule has 2 heterocycles. The zero-order chi connectivity index (χ0) is 19.7. The monoisotopic (exact) mass is 379 g/mol. The predicted octanol–water partition coefficient (Wildman–Crippen LogP) is 2.57. The third-order valence-electron chi connectivity index (χ3n) is 5.66. The van der Waals surface area contributed by atoms with E-state index in [0.717, 1.165) is 30.9 Å². The largest absolute Gasteiger partial charge is 0.497 e. The molecule has 0 bridgehead atoms. The highest BCUT2D eigenvalue weighted by atomic mass is 16.5. The van der Waals surface area contributed by atoms with Crippen LogP contribution < -0.4 is 14.5 Å². The van der Waals surface area contributed by atoms with Gasteiger partial charge in [-0.1, -0.05) is 6.07 Å². The minimum Gasteiger partial charge on any atom is -0.497 e. The third-order valence-corrected chi connectivity index (χ3v) is 5.66. The summed E-state index contributed by atoms with van der Waals surface area (Å²) in [5, 5.41) is 0. The molecule has 0 saturated carbocycles. The summed E-state index contributed by atoms with van der Waals surface area (Å²) in [7, 11) is 3.44. The van der Waals surface area contributed by atoms with Crippen LogP contribution in [0.25, 0.3) is 0 Å². The molecule has 2 aromatic rings. The molecule has 0 unspecified atom stereocenters. The Labute approximate surface area is 165 Å². The van der Waals surface area contributed by atoms with E-state index in [-0.39, 0.29) is 11.8 Å². The second-order valence-corrected chi connectivity index (χ2v) is 7.28. The van der Waals surface area contributed by atoms with Crippen LogP contribution in [0.15, 0.2) is 42.5 Å². The van der Waals surface area contributed by atoms with Gasteiger partial charge in [-0.3, -0.25) is 9.59 Å². The summed E-state index contributed by atoms with van der Waals surface area (Å²) in [4.78, 5) is 30.6. The van der Waals surface area contributed by atoms with Crippen LogP contribution >= 0.6 is 0 Å². The quantitative estimate of drug-likeness (QED) is 0.823. The Balaban J connectivity index is 1.43. The number of carbonyl (C=O) groups excluding carboxylic acids is 2. The van der Waals surface area contributed by atoms with Crippen LogP contribution in [0.1, 0.15) is 22.3 Å². The Morgan fingerprint density at radius 1 is 1.00 bits per heavy atom. The molecule has 6 nitrogen and oxygen atoms in total. The number of fused-ring (bicyclic) bond motifs is 1. The van der Waals surface area contributed by atoms with Crippen LogP contribution in [-0.4, -0.2) is 57.1 Å². The maximum Gasteiger partial charge on any atom is 0.254 e. The summed E-state index contributed by atoms with van der Waals surface area (Å²) in [6, 6.07) is 13.6. The van der Waals surface area contributed by atoms with Gasteiger partial charge in [0.1, 0.15) is 5.75 Å². The lowest BCUT2D eigenvalue weighted by molar-refractivity contribution is -0.118. The van der Waals surface area contributed by atoms with Crippen molar-refractivity contribution in [3.8, 4) is 5.75 Å². The lowest BCUT2D eigenvalue weighted by Crippen LogP contribution is -2.48. The average Bonchev–Trinajstić information content (AvgIpc) is 2.76. The standard InChI is InChI=1S/C22H25N3O3/c1-23-20-8-7-18(14-16(20)6-9-21(23)26)24-10-12-25(13-11-24)22(27)17-4-3-5-19(15-17)28-2/h3-5,7-8,14-15H,6,9-13H2,1-2H3. The van der Waals surface area contributed by atoms with E-state index in [4.69, 9.17) is 4.74 Å². The van der Waals surface area contributed by atoms with Gasteiger partial charge >= 0.3 is 0 Å². The number of ether oxygens (including phenoxy) is 1. The molecule has 2 aliphatic heterocycles. The first-order valence-corrected chi connectivity index (χ1v) is 9.64. The van der Waals surface area contributed by atoms with Crippen molar-refractivity contribution in [1.29, 1.82) is 0 Å². The van der Waals surface area contributed by atoms with Crippen LogP contribution in [0.4, 0.5) is 11.4 Å². The van der Waals surface area contributed by atoms with Crippen molar-refractivity contribution in [2.24, 2.45) is 0 Å². The minimum absolute atomic E-state index is 0.0455. The number of aryl methyl sites for hydroxylation is 1. The first-order valence-electron chi connectivity index (χ1n) is 9.64. The van der Waals surface area contributed by atoms with Crippen molar-refractivity contribution >= 4 is 23.2 Å². The normalized spacial score (nSPS) is 16.8. The van der Waals surface area contributed by atoms with Crippen LogP contribution in [0, 0.1) is 0 Å². The van der Waals surface area contributed by atoms with E-state index in [9.17, 15) is 9.59 Å². The lowest BCUT2D eigenvalue weighted by Gasteiger charge is -2.37. The molecule has 0 radical (unpaired) electrons. The maximum atomic E-state index is 12.8. The molecule has 2 aromatic carbocycles. The van der Waals surface area contributed by atoms with E-state index in [1.54, 1.807) is 18.1 Å². The second kappa shape index (κ2) is 7.54. The predicted molar refractivity (Wildman–Crippen MR) is 109 cm³/mol. The van der Waals surface area contributed by atoms with Crippen molar-refractivity contribution in [3.05, 3.63) is 53.6 Å². The first kappa shape index (κ1) is 18.3. The molecular formula is C22H25N3O3. The molecule has 28 heavy (non-hydrogen) atoms. The Morgan fingerprint density at radius 2 is 1.79 bits per heavy atom. The molecule has 0 aromatic heterocycles. The maximum absolute atomic E-state index is 12.8. The number of anilines is 2. The average molecular weight is 379 g/mol. The summed E-state index contributed by atoms with van der Waals surface area (Å²) in [5.41, 5.74) is 4.05. The van der Waals surface area contributed by atoms with Crippen molar-refractivity contribution in [3.63, 3.8) is 0 Å². The molecule has 0 atom stereocenters. The number of carbonyl (C=O) groups is 2. The van der Waals surface area contributed by atoms with Crippen molar-refractivity contribution in [2.75, 3.05) is 50.1 Å². The fourth-order valence-corrected chi connectivity index (χ4v) is 3.95. The Bertz CT molecular complexity index is 904. The topological polar surface area (TPSA) is 53.1 Å². The van der Waals surface area contributed by atoms with E-state index in [1.807, 2.05) is 36.2 Å². The van der Waals surface area contributed by atoms with E-state index in [1.165, 1.54) is 5.56 Å². The van der Waals surface area contributed by atoms with Gasteiger partial charge in [-0.05, 0) is 48.4 Å². The van der Waals surface area contributed by atoms with E-state index in [0.29, 0.717) is 30.8 Å². The highest BCUT2D eigenvalue weighted by Gasteiger charge is 2.25. The third kappa shape index (κ3) is 3.42. The number of rotatable bonds is 3. The molecule has 0 spiro atoms. The summed E-state index contributed by atoms with van der Waals surface area (Å²) in [5.74, 6) is 0.913. The number of amides is 2. The number of hydrogen-bond donors (Lipinski definition) is 0. The number of benzene rings is 2. The van der Waals surface area contributed by atoms with Crippen LogP contribution in [-0.2, 0) is 11.2 Å². The van der Waals surface area contributed by atoms with E-state index < -0.39 is 0 Å². The lowest BCUT2D eigenvalue weighted by atomic mass is 10.0. The van der Waals surface area contributed by atoms with Crippen LogP contribution in [0.2, 0.25) is 0 Å². The molecule has 146 valence electrons. The first-order chi connectivity index (χ1) is 13.6. The smallest absolute Gasteiger partial charge is 0.254 e. The molecule has 4 rings (SSSR count). The molecular weight excluding hydrogens is 354 g/mol. The van der Waals surface area contributed by atoms with E-state index in [2.05, 4.69) is 17.0 Å². The van der Waals surface area contributed by atoms with Crippen LogP contribution in [0.5, 0.6) is 5.75 Å². The van der Waals surface area contributed by atoms with Gasteiger partial charge in [0.2, 0.25) is 5.91 Å². The van der Waals surface area contributed by atoms with Crippen molar-refractivity contribution in [1.82, 2.24) is 4.90 Å². The molecule has 2 amide bonds. The van der Waals surface area contributed by atoms with Gasteiger partial charge in [-0.25, -0.2) is 0 Å². The summed E-state index contributed by atoms with van der Waals surface area (Å²) >= 11 is 0. The molecule has 6 heteroatoms. The number of methoxy groups -OCH3 is 1. The molecule has 1 saturated heterocycles. The van der Waals surface area contributed by atoms with Gasteiger partial charge in [0, 0.05) is 56.6 Å². The zero-order valence-corrected chi connectivity index (χ0v) is 16.4. The highest BCUT2D eigenvalue weighted by molar-refractivity contribution is 5.96. The van der Waals surface area contributed by atoms with Gasteiger partial charge in [-0.15, -0.1) is 0 Å². The summed E-state index contributed by atoms with van der Waals surface area (Å²) < 4.78 is 5.22. The Kier molecular flexibility index (Phi) is 4.94. The summed E-state index contributed by atoms with van der Waals surface area (Å²) in [6.45, 7) is 2.96. The van der Waals surface area contributed by atoms with Crippen molar-refractivity contribution < 1.29 is 14.3 Å². The number of piperazine rings is 1. The van der Waals surface area contributed by atoms with Gasteiger partial charge in [0.05, 0.1) is 7.11 Å². The second-order valence-electron chi connectivity index (χ2n) is 7.28. The Morgan fingerprint density at radius 3 is 2.54 bits per heavy atom. The molecule has 0 aliphatic carbocycles. The fraction of sp³-hybridized carbons (Fsp3) is 0.364. The molecule has 2 aliphatic rings. The number of hydrogen-bond acceptors (Lipinski definition) is 4. The molecule has 0 N–H and O–H groups in total. The Hall–Kier alpha value is -3.02. The van der Waals surface area contributed by atoms with Gasteiger partial charge < -0.3 is 19.4 Å². The van der Waals surface area contributed by atoms with Crippen LogP contribution in [0.3, 0.4) is 0 Å².